The molecule has 1 aromatic rings. The van der Waals surface area contributed by atoms with Gasteiger partial charge in [-0.15, -0.1) is 0 Å². The number of carbonyl (C=O) groups is 3. The van der Waals surface area contributed by atoms with Gasteiger partial charge < -0.3 is 15.1 Å². The van der Waals surface area contributed by atoms with E-state index in [-0.39, 0.29) is 24.3 Å². The Kier molecular flexibility index (Phi) is 3.83. The highest BCUT2D eigenvalue weighted by Crippen LogP contribution is 2.30. The number of fused-ring (bicyclic) bond motifs is 1. The fourth-order valence-electron chi connectivity index (χ4n) is 3.05. The predicted octanol–water partition coefficient (Wildman–Crippen LogP) is 1.16. The maximum Gasteiger partial charge on any atom is 0.243 e. The van der Waals surface area contributed by atoms with E-state index in [1.807, 2.05) is 12.1 Å². The minimum Gasteiger partial charge on any atom is -0.333 e. The van der Waals surface area contributed by atoms with E-state index in [1.165, 1.54) is 0 Å². The predicted molar refractivity (Wildman–Crippen MR) is 82.6 cm³/mol. The third kappa shape index (κ3) is 2.81. The molecule has 1 aromatic carbocycles. The Bertz CT molecular complexity index is 642. The number of anilines is 2. The van der Waals surface area contributed by atoms with Crippen LogP contribution in [0.25, 0.3) is 0 Å². The van der Waals surface area contributed by atoms with Crippen LogP contribution in [-0.2, 0) is 20.8 Å². The van der Waals surface area contributed by atoms with Crippen LogP contribution in [0.1, 0.15) is 25.3 Å². The van der Waals surface area contributed by atoms with E-state index in [9.17, 15) is 14.4 Å². The maximum absolute atomic E-state index is 12.0. The zero-order chi connectivity index (χ0) is 15.7. The largest absolute Gasteiger partial charge is 0.333 e. The fraction of sp³-hybridized carbons (Fsp3) is 0.438. The van der Waals surface area contributed by atoms with E-state index < -0.39 is 0 Å². The van der Waals surface area contributed by atoms with E-state index in [1.54, 1.807) is 22.8 Å². The smallest absolute Gasteiger partial charge is 0.243 e. The molecule has 0 saturated carbocycles. The van der Waals surface area contributed by atoms with Gasteiger partial charge in [0.2, 0.25) is 17.7 Å². The summed E-state index contributed by atoms with van der Waals surface area (Å²) in [6.07, 6.45) is 2.15. The van der Waals surface area contributed by atoms with Gasteiger partial charge in [0.15, 0.2) is 0 Å². The second kappa shape index (κ2) is 5.79. The number of benzene rings is 1. The molecule has 6 nitrogen and oxygen atoms in total. The molecule has 0 bridgehead atoms. The standard InChI is InChI=1S/C16H19N3O3/c1-11(20)19-8-6-12-9-13(4-5-14(12)19)17-15(21)10-18-7-2-3-16(18)22/h4-5,9H,2-3,6-8,10H2,1H3,(H,17,21). The Morgan fingerprint density at radius 3 is 2.73 bits per heavy atom. The quantitative estimate of drug-likeness (QED) is 0.910. The molecule has 3 rings (SSSR count). The Morgan fingerprint density at radius 2 is 2.05 bits per heavy atom. The zero-order valence-corrected chi connectivity index (χ0v) is 12.6. The van der Waals surface area contributed by atoms with Gasteiger partial charge in [-0.3, -0.25) is 14.4 Å². The average Bonchev–Trinajstić information content (AvgIpc) is 3.05. The summed E-state index contributed by atoms with van der Waals surface area (Å²) in [7, 11) is 0. The zero-order valence-electron chi connectivity index (χ0n) is 12.6. The van der Waals surface area contributed by atoms with Crippen molar-refractivity contribution in [1.82, 2.24) is 4.90 Å². The molecule has 6 heteroatoms. The highest BCUT2D eigenvalue weighted by molar-refractivity contribution is 5.97. The molecule has 2 heterocycles. The highest BCUT2D eigenvalue weighted by atomic mass is 16.2. The Morgan fingerprint density at radius 1 is 1.23 bits per heavy atom. The van der Waals surface area contributed by atoms with Gasteiger partial charge in [0.05, 0.1) is 6.54 Å². The number of rotatable bonds is 3. The number of likely N-dealkylation sites (tertiary alicyclic amines) is 1. The molecule has 22 heavy (non-hydrogen) atoms. The van der Waals surface area contributed by atoms with Gasteiger partial charge in [0.1, 0.15) is 0 Å². The van der Waals surface area contributed by atoms with Crippen molar-refractivity contribution < 1.29 is 14.4 Å². The van der Waals surface area contributed by atoms with Crippen LogP contribution in [0, 0.1) is 0 Å². The first-order valence-corrected chi connectivity index (χ1v) is 7.53. The van der Waals surface area contributed by atoms with E-state index in [0.29, 0.717) is 25.2 Å². The van der Waals surface area contributed by atoms with Crippen LogP contribution in [0.3, 0.4) is 0 Å². The first-order valence-electron chi connectivity index (χ1n) is 7.53. The SMILES string of the molecule is CC(=O)N1CCc2cc(NC(=O)CN3CCCC3=O)ccc21. The van der Waals surface area contributed by atoms with E-state index in [4.69, 9.17) is 0 Å². The van der Waals surface area contributed by atoms with Crippen molar-refractivity contribution in [3.8, 4) is 0 Å². The minimum atomic E-state index is -0.184. The monoisotopic (exact) mass is 301 g/mol. The van der Waals surface area contributed by atoms with Crippen LogP contribution in [-0.4, -0.2) is 42.3 Å². The number of nitrogens with one attached hydrogen (secondary N) is 1. The number of amides is 3. The molecule has 116 valence electrons. The molecular weight excluding hydrogens is 282 g/mol. The molecule has 0 spiro atoms. The maximum atomic E-state index is 12.0. The average molecular weight is 301 g/mol. The van der Waals surface area contributed by atoms with Gasteiger partial charge in [0.25, 0.3) is 0 Å². The molecule has 0 aromatic heterocycles. The topological polar surface area (TPSA) is 69.7 Å². The first-order chi connectivity index (χ1) is 10.5. The molecule has 0 unspecified atom stereocenters. The Balaban J connectivity index is 1.65. The molecule has 0 aliphatic carbocycles. The molecule has 3 amide bonds. The van der Waals surface area contributed by atoms with Crippen LogP contribution in [0.5, 0.6) is 0 Å². The normalized spacial score (nSPS) is 16.9. The summed E-state index contributed by atoms with van der Waals surface area (Å²) in [5, 5.41) is 2.83. The summed E-state index contributed by atoms with van der Waals surface area (Å²) in [6, 6.07) is 5.56. The fourth-order valence-corrected chi connectivity index (χ4v) is 3.05. The van der Waals surface area contributed by atoms with E-state index >= 15 is 0 Å². The second-order valence-electron chi connectivity index (χ2n) is 5.73. The molecule has 1 N–H and O–H groups in total. The number of hydrogen-bond donors (Lipinski definition) is 1. The number of hydrogen-bond acceptors (Lipinski definition) is 3. The third-order valence-electron chi connectivity index (χ3n) is 4.14. The summed E-state index contributed by atoms with van der Waals surface area (Å²) in [5.41, 5.74) is 2.69. The van der Waals surface area contributed by atoms with Crippen molar-refractivity contribution in [2.45, 2.75) is 26.2 Å². The van der Waals surface area contributed by atoms with Gasteiger partial charge in [-0.2, -0.15) is 0 Å². The Hall–Kier alpha value is -2.37. The Labute approximate surface area is 129 Å². The minimum absolute atomic E-state index is 0.0306. The summed E-state index contributed by atoms with van der Waals surface area (Å²) >= 11 is 0. The van der Waals surface area contributed by atoms with Crippen LogP contribution >= 0.6 is 0 Å². The molecule has 2 aliphatic heterocycles. The van der Waals surface area contributed by atoms with Crippen molar-refractivity contribution >= 4 is 29.1 Å². The van der Waals surface area contributed by atoms with Crippen LogP contribution in [0.2, 0.25) is 0 Å². The molecule has 0 radical (unpaired) electrons. The van der Waals surface area contributed by atoms with Crippen molar-refractivity contribution in [2.24, 2.45) is 0 Å². The summed E-state index contributed by atoms with van der Waals surface area (Å²) in [5.74, 6) is -0.110. The number of nitrogens with zero attached hydrogens (tertiary/aromatic N) is 2. The number of carbonyl (C=O) groups excluding carboxylic acids is 3. The van der Waals surface area contributed by atoms with Gasteiger partial charge in [-0.25, -0.2) is 0 Å². The van der Waals surface area contributed by atoms with Gasteiger partial charge >= 0.3 is 0 Å². The summed E-state index contributed by atoms with van der Waals surface area (Å²) in [6.45, 7) is 3.00. The molecule has 1 saturated heterocycles. The van der Waals surface area contributed by atoms with Gasteiger partial charge in [-0.05, 0) is 36.6 Å². The van der Waals surface area contributed by atoms with Crippen LogP contribution in [0.4, 0.5) is 11.4 Å². The van der Waals surface area contributed by atoms with Crippen molar-refractivity contribution in [1.29, 1.82) is 0 Å². The van der Waals surface area contributed by atoms with Gasteiger partial charge in [-0.1, -0.05) is 0 Å². The highest BCUT2D eigenvalue weighted by Gasteiger charge is 2.24. The van der Waals surface area contributed by atoms with E-state index in [0.717, 1.165) is 24.1 Å². The second-order valence-corrected chi connectivity index (χ2v) is 5.73. The first kappa shape index (κ1) is 14.6. The third-order valence-corrected chi connectivity index (χ3v) is 4.14. The molecule has 0 atom stereocenters. The lowest BCUT2D eigenvalue weighted by Crippen LogP contribution is -2.33. The lowest BCUT2D eigenvalue weighted by atomic mass is 10.1. The van der Waals surface area contributed by atoms with Crippen molar-refractivity contribution in [3.63, 3.8) is 0 Å². The lowest BCUT2D eigenvalue weighted by molar-refractivity contribution is -0.131. The molecular formula is C16H19N3O3. The van der Waals surface area contributed by atoms with Crippen molar-refractivity contribution in [3.05, 3.63) is 23.8 Å². The van der Waals surface area contributed by atoms with Crippen LogP contribution in [0.15, 0.2) is 18.2 Å². The van der Waals surface area contributed by atoms with Crippen molar-refractivity contribution in [2.75, 3.05) is 29.9 Å². The van der Waals surface area contributed by atoms with Crippen LogP contribution < -0.4 is 10.2 Å². The molecule has 1 fully saturated rings. The summed E-state index contributed by atoms with van der Waals surface area (Å²) < 4.78 is 0. The lowest BCUT2D eigenvalue weighted by Gasteiger charge is -2.16. The van der Waals surface area contributed by atoms with E-state index in [2.05, 4.69) is 5.32 Å². The summed E-state index contributed by atoms with van der Waals surface area (Å²) in [4.78, 5) is 38.4. The molecule has 2 aliphatic rings. The van der Waals surface area contributed by atoms with Gasteiger partial charge in [0, 0.05) is 37.8 Å².